The zero-order valence-electron chi connectivity index (χ0n) is 13.0. The van der Waals surface area contributed by atoms with Crippen LogP contribution >= 0.6 is 0 Å². The molecular formula is C14H27N3O3. The van der Waals surface area contributed by atoms with Crippen LogP contribution < -0.4 is 10.6 Å². The number of hydrogen-bond donors (Lipinski definition) is 2. The fourth-order valence-corrected chi connectivity index (χ4v) is 2.31. The summed E-state index contributed by atoms with van der Waals surface area (Å²) >= 11 is 0. The third kappa shape index (κ3) is 4.67. The van der Waals surface area contributed by atoms with Crippen molar-refractivity contribution in [2.45, 2.75) is 52.1 Å². The fraction of sp³-hybridized carbons (Fsp3) is 0.857. The lowest BCUT2D eigenvalue weighted by atomic mass is 10.0. The van der Waals surface area contributed by atoms with E-state index in [2.05, 4.69) is 10.6 Å². The summed E-state index contributed by atoms with van der Waals surface area (Å²) < 4.78 is 4.97. The van der Waals surface area contributed by atoms with E-state index in [1.54, 1.807) is 11.8 Å². The minimum atomic E-state index is -0.562. The van der Waals surface area contributed by atoms with Gasteiger partial charge >= 0.3 is 6.09 Å². The quantitative estimate of drug-likeness (QED) is 0.794. The van der Waals surface area contributed by atoms with E-state index >= 15 is 0 Å². The zero-order chi connectivity index (χ0) is 15.2. The molecule has 20 heavy (non-hydrogen) atoms. The van der Waals surface area contributed by atoms with Crippen LogP contribution in [-0.4, -0.2) is 54.7 Å². The molecule has 1 fully saturated rings. The molecule has 1 saturated heterocycles. The van der Waals surface area contributed by atoms with E-state index in [9.17, 15) is 9.59 Å². The van der Waals surface area contributed by atoms with Gasteiger partial charge in [-0.3, -0.25) is 4.79 Å². The number of nitrogens with zero attached hydrogens (tertiary/aromatic N) is 1. The molecule has 1 heterocycles. The Balaban J connectivity index is 2.39. The van der Waals surface area contributed by atoms with Gasteiger partial charge in [0, 0.05) is 19.1 Å². The summed E-state index contributed by atoms with van der Waals surface area (Å²) in [6, 6.07) is 0.131. The molecule has 0 bridgehead atoms. The van der Waals surface area contributed by atoms with Gasteiger partial charge in [-0.1, -0.05) is 6.92 Å². The first kappa shape index (κ1) is 16.8. The normalized spacial score (nSPS) is 16.9. The number of carbonyl (C=O) groups excluding carboxylic acids is 2. The molecule has 6 heteroatoms. The molecule has 0 aromatic rings. The van der Waals surface area contributed by atoms with Crippen LogP contribution in [0.5, 0.6) is 0 Å². The van der Waals surface area contributed by atoms with Crippen LogP contribution in [0.1, 0.15) is 40.5 Å². The van der Waals surface area contributed by atoms with Crippen LogP contribution in [0.25, 0.3) is 0 Å². The molecule has 0 aromatic carbocycles. The summed E-state index contributed by atoms with van der Waals surface area (Å²) in [6.07, 6.45) is 1.28. The summed E-state index contributed by atoms with van der Waals surface area (Å²) in [6.45, 7) is 9.94. The van der Waals surface area contributed by atoms with Gasteiger partial charge in [0.05, 0.1) is 12.1 Å². The number of piperidine rings is 1. The SMILES string of the molecule is CCNC(C)(C)C(=O)NC1CCN(C(=O)OCC)CC1. The Kier molecular flexibility index (Phi) is 6.26. The van der Waals surface area contributed by atoms with Gasteiger partial charge < -0.3 is 20.3 Å². The van der Waals surface area contributed by atoms with E-state index in [-0.39, 0.29) is 18.0 Å². The van der Waals surface area contributed by atoms with Crippen molar-refractivity contribution in [2.75, 3.05) is 26.2 Å². The molecule has 0 saturated carbocycles. The van der Waals surface area contributed by atoms with Crippen molar-refractivity contribution in [3.8, 4) is 0 Å². The summed E-state index contributed by atoms with van der Waals surface area (Å²) in [4.78, 5) is 25.4. The van der Waals surface area contributed by atoms with Gasteiger partial charge in [0.25, 0.3) is 0 Å². The second kappa shape index (κ2) is 7.47. The molecule has 1 aliphatic rings. The van der Waals surface area contributed by atoms with Crippen molar-refractivity contribution >= 4 is 12.0 Å². The first-order chi connectivity index (χ1) is 9.40. The van der Waals surface area contributed by atoms with Gasteiger partial charge in [0.2, 0.25) is 5.91 Å². The number of rotatable bonds is 5. The van der Waals surface area contributed by atoms with Crippen molar-refractivity contribution in [1.29, 1.82) is 0 Å². The first-order valence-electron chi connectivity index (χ1n) is 7.38. The van der Waals surface area contributed by atoms with Crippen LogP contribution in [0.4, 0.5) is 4.79 Å². The fourth-order valence-electron chi connectivity index (χ4n) is 2.31. The summed E-state index contributed by atoms with van der Waals surface area (Å²) in [5, 5.41) is 6.21. The maximum atomic E-state index is 12.2. The third-order valence-electron chi connectivity index (χ3n) is 3.54. The molecule has 116 valence electrons. The van der Waals surface area contributed by atoms with Gasteiger partial charge in [-0.15, -0.1) is 0 Å². The number of hydrogen-bond acceptors (Lipinski definition) is 4. The van der Waals surface area contributed by atoms with Crippen molar-refractivity contribution in [3.05, 3.63) is 0 Å². The maximum absolute atomic E-state index is 12.2. The molecule has 0 spiro atoms. The minimum absolute atomic E-state index is 0.00827. The van der Waals surface area contributed by atoms with E-state index in [0.29, 0.717) is 19.7 Å². The molecule has 2 N–H and O–H groups in total. The van der Waals surface area contributed by atoms with E-state index in [0.717, 1.165) is 19.4 Å². The lowest BCUT2D eigenvalue weighted by molar-refractivity contribution is -0.127. The summed E-state index contributed by atoms with van der Waals surface area (Å²) in [5.74, 6) is 0.00827. The number of amides is 2. The molecule has 1 rings (SSSR count). The van der Waals surface area contributed by atoms with Gasteiger partial charge in [-0.2, -0.15) is 0 Å². The lowest BCUT2D eigenvalue weighted by Crippen LogP contribution is -2.56. The number of nitrogens with one attached hydrogen (secondary N) is 2. The van der Waals surface area contributed by atoms with Gasteiger partial charge in [0.15, 0.2) is 0 Å². The standard InChI is InChI=1S/C14H27N3O3/c1-5-15-14(3,4)12(18)16-11-7-9-17(10-8-11)13(19)20-6-2/h11,15H,5-10H2,1-4H3,(H,16,18). The van der Waals surface area contributed by atoms with E-state index in [4.69, 9.17) is 4.74 Å². The Morgan fingerprint density at radius 2 is 1.85 bits per heavy atom. The van der Waals surface area contributed by atoms with Crippen LogP contribution in [0.2, 0.25) is 0 Å². The number of ether oxygens (including phenoxy) is 1. The zero-order valence-corrected chi connectivity index (χ0v) is 13.0. The Bertz CT molecular complexity index is 337. The average molecular weight is 285 g/mol. The minimum Gasteiger partial charge on any atom is -0.450 e. The highest BCUT2D eigenvalue weighted by Crippen LogP contribution is 2.13. The topological polar surface area (TPSA) is 70.7 Å². The molecule has 0 aromatic heterocycles. The highest BCUT2D eigenvalue weighted by atomic mass is 16.6. The number of carbonyl (C=O) groups is 2. The molecule has 6 nitrogen and oxygen atoms in total. The Labute approximate surface area is 121 Å². The highest BCUT2D eigenvalue weighted by molar-refractivity contribution is 5.85. The second-order valence-corrected chi connectivity index (χ2v) is 5.59. The molecule has 0 aliphatic carbocycles. The van der Waals surface area contributed by atoms with Gasteiger partial charge in [-0.25, -0.2) is 4.79 Å². The average Bonchev–Trinajstić information content (AvgIpc) is 2.39. The molecular weight excluding hydrogens is 258 g/mol. The van der Waals surface area contributed by atoms with Crippen LogP contribution in [0.3, 0.4) is 0 Å². The summed E-state index contributed by atoms with van der Waals surface area (Å²) in [7, 11) is 0. The predicted octanol–water partition coefficient (Wildman–Crippen LogP) is 1.11. The Morgan fingerprint density at radius 1 is 1.25 bits per heavy atom. The van der Waals surface area contributed by atoms with E-state index in [1.165, 1.54) is 0 Å². The summed E-state index contributed by atoms with van der Waals surface area (Å²) in [5.41, 5.74) is -0.562. The van der Waals surface area contributed by atoms with Crippen LogP contribution in [0.15, 0.2) is 0 Å². The van der Waals surface area contributed by atoms with Crippen LogP contribution in [-0.2, 0) is 9.53 Å². The first-order valence-corrected chi connectivity index (χ1v) is 7.38. The molecule has 0 atom stereocenters. The smallest absolute Gasteiger partial charge is 0.409 e. The molecule has 0 radical (unpaired) electrons. The number of likely N-dealkylation sites (tertiary alicyclic amines) is 1. The van der Waals surface area contributed by atoms with Gasteiger partial charge in [-0.05, 0) is 40.2 Å². The molecule has 2 amide bonds. The maximum Gasteiger partial charge on any atom is 0.409 e. The molecule has 0 unspecified atom stereocenters. The van der Waals surface area contributed by atoms with Crippen molar-refractivity contribution in [2.24, 2.45) is 0 Å². The largest absolute Gasteiger partial charge is 0.450 e. The second-order valence-electron chi connectivity index (χ2n) is 5.59. The monoisotopic (exact) mass is 285 g/mol. The van der Waals surface area contributed by atoms with E-state index < -0.39 is 5.54 Å². The van der Waals surface area contributed by atoms with Gasteiger partial charge in [0.1, 0.15) is 0 Å². The van der Waals surface area contributed by atoms with E-state index in [1.807, 2.05) is 20.8 Å². The predicted molar refractivity (Wildman–Crippen MR) is 77.5 cm³/mol. The van der Waals surface area contributed by atoms with Crippen molar-refractivity contribution < 1.29 is 14.3 Å². The third-order valence-corrected chi connectivity index (χ3v) is 3.54. The van der Waals surface area contributed by atoms with Crippen molar-refractivity contribution in [3.63, 3.8) is 0 Å². The van der Waals surface area contributed by atoms with Crippen molar-refractivity contribution in [1.82, 2.24) is 15.5 Å². The Hall–Kier alpha value is -1.30. The van der Waals surface area contributed by atoms with Crippen LogP contribution in [0, 0.1) is 0 Å². The Morgan fingerprint density at radius 3 is 2.35 bits per heavy atom. The molecule has 1 aliphatic heterocycles. The number of likely N-dealkylation sites (N-methyl/N-ethyl adjacent to an activating group) is 1. The lowest BCUT2D eigenvalue weighted by Gasteiger charge is -2.34. The highest BCUT2D eigenvalue weighted by Gasteiger charge is 2.30.